The van der Waals surface area contributed by atoms with Crippen LogP contribution in [0.4, 0.5) is 10.1 Å². The van der Waals surface area contributed by atoms with Crippen LogP contribution in [0.2, 0.25) is 0 Å². The van der Waals surface area contributed by atoms with E-state index in [-0.39, 0.29) is 5.56 Å². The van der Waals surface area contributed by atoms with Crippen molar-refractivity contribution >= 4 is 17.4 Å². The first-order chi connectivity index (χ1) is 9.63. The second-order valence-electron chi connectivity index (χ2n) is 4.12. The molecule has 2 rings (SSSR count). The van der Waals surface area contributed by atoms with Gasteiger partial charge in [0.05, 0.1) is 12.7 Å². The van der Waals surface area contributed by atoms with Gasteiger partial charge in [-0.05, 0) is 35.9 Å². The second kappa shape index (κ2) is 6.31. The fraction of sp³-hybridized carbons (Fsp3) is 0.133. The van der Waals surface area contributed by atoms with Crippen LogP contribution in [0.15, 0.2) is 41.3 Å². The van der Waals surface area contributed by atoms with Crippen LogP contribution in [-0.2, 0) is 5.75 Å². The van der Waals surface area contributed by atoms with Crippen molar-refractivity contribution in [3.63, 3.8) is 0 Å². The smallest absolute Gasteiger partial charge is 0.140 e. The van der Waals surface area contributed by atoms with E-state index in [0.717, 1.165) is 16.2 Å². The number of halogens is 1. The highest BCUT2D eigenvalue weighted by Gasteiger charge is 2.06. The molecule has 0 bridgehead atoms. The zero-order valence-corrected chi connectivity index (χ0v) is 11.7. The number of hydrogen-bond acceptors (Lipinski definition) is 4. The Balaban J connectivity index is 2.15. The highest BCUT2D eigenvalue weighted by atomic mass is 32.2. The predicted molar refractivity (Wildman–Crippen MR) is 78.1 cm³/mol. The minimum atomic E-state index is -0.498. The van der Waals surface area contributed by atoms with Gasteiger partial charge in [-0.15, -0.1) is 11.8 Å². The number of thioether (sulfide) groups is 1. The Morgan fingerprint density at radius 2 is 2.10 bits per heavy atom. The number of ether oxygens (including phenoxy) is 1. The van der Waals surface area contributed by atoms with Crippen molar-refractivity contribution in [2.75, 3.05) is 12.8 Å². The molecule has 0 spiro atoms. The first-order valence-electron chi connectivity index (χ1n) is 5.89. The molecule has 0 unspecified atom stereocenters. The van der Waals surface area contributed by atoms with Gasteiger partial charge in [0.25, 0.3) is 0 Å². The lowest BCUT2D eigenvalue weighted by Crippen LogP contribution is -1.92. The number of nitrogens with zero attached hydrogens (tertiary/aromatic N) is 1. The van der Waals surface area contributed by atoms with Crippen molar-refractivity contribution in [1.82, 2.24) is 0 Å². The van der Waals surface area contributed by atoms with Crippen LogP contribution >= 0.6 is 11.8 Å². The first-order valence-corrected chi connectivity index (χ1v) is 6.87. The summed E-state index contributed by atoms with van der Waals surface area (Å²) < 4.78 is 18.4. The van der Waals surface area contributed by atoms with E-state index in [1.165, 1.54) is 17.8 Å². The van der Waals surface area contributed by atoms with Gasteiger partial charge in [0.15, 0.2) is 0 Å². The molecule has 102 valence electrons. The molecule has 2 aromatic carbocycles. The van der Waals surface area contributed by atoms with E-state index < -0.39 is 5.82 Å². The lowest BCUT2D eigenvalue weighted by Gasteiger charge is -2.08. The Morgan fingerprint density at radius 1 is 1.30 bits per heavy atom. The molecule has 3 nitrogen and oxygen atoms in total. The number of benzene rings is 2. The summed E-state index contributed by atoms with van der Waals surface area (Å²) in [4.78, 5) is 0.896. The zero-order chi connectivity index (χ0) is 14.5. The molecule has 2 N–H and O–H groups in total. The summed E-state index contributed by atoms with van der Waals surface area (Å²) >= 11 is 1.52. The third-order valence-electron chi connectivity index (χ3n) is 2.77. The van der Waals surface area contributed by atoms with Crippen LogP contribution in [0, 0.1) is 17.1 Å². The molecule has 0 aliphatic rings. The maximum absolute atomic E-state index is 13.2. The molecule has 0 amide bonds. The number of rotatable bonds is 4. The number of nitrogen functional groups attached to an aromatic ring is 1. The van der Waals surface area contributed by atoms with Crippen molar-refractivity contribution in [2.24, 2.45) is 0 Å². The Hall–Kier alpha value is -2.19. The Bertz CT molecular complexity index is 667. The maximum Gasteiger partial charge on any atom is 0.140 e. The van der Waals surface area contributed by atoms with Gasteiger partial charge in [0.2, 0.25) is 0 Å². The molecular weight excluding hydrogens is 275 g/mol. The Labute approximate surface area is 121 Å². The molecule has 0 radical (unpaired) electrons. The van der Waals surface area contributed by atoms with Gasteiger partial charge in [-0.3, -0.25) is 0 Å². The largest absolute Gasteiger partial charge is 0.497 e. The summed E-state index contributed by atoms with van der Waals surface area (Å²) in [5, 5.41) is 8.81. The van der Waals surface area contributed by atoms with Crippen molar-refractivity contribution in [2.45, 2.75) is 10.6 Å². The monoisotopic (exact) mass is 288 g/mol. The average molecular weight is 288 g/mol. The molecule has 0 aliphatic heterocycles. The Morgan fingerprint density at radius 3 is 2.80 bits per heavy atom. The number of methoxy groups -OCH3 is 1. The van der Waals surface area contributed by atoms with Crippen molar-refractivity contribution in [1.29, 1.82) is 5.26 Å². The van der Waals surface area contributed by atoms with Gasteiger partial charge in [-0.1, -0.05) is 6.07 Å². The van der Waals surface area contributed by atoms with Crippen LogP contribution in [0.3, 0.4) is 0 Å². The average Bonchev–Trinajstić information content (AvgIpc) is 2.47. The van der Waals surface area contributed by atoms with E-state index in [1.807, 2.05) is 12.1 Å². The third-order valence-corrected chi connectivity index (χ3v) is 3.91. The molecule has 20 heavy (non-hydrogen) atoms. The van der Waals surface area contributed by atoms with E-state index in [2.05, 4.69) is 0 Å². The lowest BCUT2D eigenvalue weighted by molar-refractivity contribution is 0.414. The van der Waals surface area contributed by atoms with Crippen molar-refractivity contribution in [3.05, 3.63) is 53.3 Å². The second-order valence-corrected chi connectivity index (χ2v) is 5.14. The fourth-order valence-electron chi connectivity index (χ4n) is 1.68. The Kier molecular flexibility index (Phi) is 4.49. The van der Waals surface area contributed by atoms with Crippen LogP contribution < -0.4 is 10.5 Å². The van der Waals surface area contributed by atoms with E-state index in [0.29, 0.717) is 11.4 Å². The van der Waals surface area contributed by atoms with Crippen molar-refractivity contribution < 1.29 is 9.13 Å². The quantitative estimate of drug-likeness (QED) is 0.690. The molecule has 5 heteroatoms. The SMILES string of the molecule is COc1ccc(N)c(SCc2ccc(F)c(C#N)c2)c1. The standard InChI is InChI=1S/C15H13FN2OS/c1-19-12-3-5-14(18)15(7-12)20-9-10-2-4-13(16)11(6-10)8-17/h2-7H,9,18H2,1H3. The summed E-state index contributed by atoms with van der Waals surface area (Å²) in [6.45, 7) is 0. The van der Waals surface area contributed by atoms with Gasteiger partial charge in [0, 0.05) is 16.3 Å². The molecule has 2 aromatic rings. The number of nitrogens with two attached hydrogens (primary N) is 1. The fourth-order valence-corrected chi connectivity index (χ4v) is 2.61. The van der Waals surface area contributed by atoms with E-state index in [4.69, 9.17) is 15.7 Å². The third kappa shape index (κ3) is 3.22. The molecule has 0 aliphatic carbocycles. The summed E-state index contributed by atoms with van der Waals surface area (Å²) in [6.07, 6.45) is 0. The minimum Gasteiger partial charge on any atom is -0.497 e. The van der Waals surface area contributed by atoms with Gasteiger partial charge in [-0.2, -0.15) is 5.26 Å². The van der Waals surface area contributed by atoms with Crippen molar-refractivity contribution in [3.8, 4) is 11.8 Å². The normalized spacial score (nSPS) is 10.1. The molecule has 0 heterocycles. The van der Waals surface area contributed by atoms with E-state index >= 15 is 0 Å². The summed E-state index contributed by atoms with van der Waals surface area (Å²) in [7, 11) is 1.60. The molecule has 0 saturated carbocycles. The lowest BCUT2D eigenvalue weighted by atomic mass is 10.1. The predicted octanol–water partition coefficient (Wildman–Crippen LogP) is 3.58. The number of anilines is 1. The molecule has 0 aromatic heterocycles. The zero-order valence-electron chi connectivity index (χ0n) is 10.9. The van der Waals surface area contributed by atoms with Crippen LogP contribution in [0.5, 0.6) is 5.75 Å². The molecule has 0 fully saturated rings. The first kappa shape index (κ1) is 14.2. The van der Waals surface area contributed by atoms with Gasteiger partial charge in [-0.25, -0.2) is 4.39 Å². The summed E-state index contributed by atoms with van der Waals surface area (Å²) in [5.74, 6) is 0.840. The number of hydrogen-bond donors (Lipinski definition) is 1. The summed E-state index contributed by atoms with van der Waals surface area (Å²) in [6, 6.07) is 11.8. The molecule has 0 atom stereocenters. The molecular formula is C15H13FN2OS. The minimum absolute atomic E-state index is 0.0571. The van der Waals surface area contributed by atoms with Gasteiger partial charge < -0.3 is 10.5 Å². The van der Waals surface area contributed by atoms with Crippen LogP contribution in [0.1, 0.15) is 11.1 Å². The highest BCUT2D eigenvalue weighted by molar-refractivity contribution is 7.98. The topological polar surface area (TPSA) is 59.0 Å². The highest BCUT2D eigenvalue weighted by Crippen LogP contribution is 2.31. The number of nitriles is 1. The summed E-state index contributed by atoms with van der Waals surface area (Å²) in [5.41, 5.74) is 7.49. The van der Waals surface area contributed by atoms with Crippen LogP contribution in [-0.4, -0.2) is 7.11 Å². The van der Waals surface area contributed by atoms with E-state index in [1.54, 1.807) is 31.4 Å². The molecule has 0 saturated heterocycles. The van der Waals surface area contributed by atoms with E-state index in [9.17, 15) is 4.39 Å². The maximum atomic E-state index is 13.2. The van der Waals surface area contributed by atoms with Crippen LogP contribution in [0.25, 0.3) is 0 Å². The van der Waals surface area contributed by atoms with Gasteiger partial charge in [0.1, 0.15) is 17.6 Å². The van der Waals surface area contributed by atoms with Gasteiger partial charge >= 0.3 is 0 Å².